The minimum atomic E-state index is -0.315. The van der Waals surface area contributed by atoms with E-state index in [1.165, 1.54) is 6.20 Å². The van der Waals surface area contributed by atoms with E-state index in [9.17, 15) is 4.39 Å². The standard InChI is InChI=1S/C15H17FN2O/c1-2-18-15(13-8-9-17-10-14(13)16)11-19-12-6-4-3-5-7-12/h3-10,15,18H,2,11H2,1H3. The lowest BCUT2D eigenvalue weighted by atomic mass is 10.1. The predicted octanol–water partition coefficient (Wildman–Crippen LogP) is 2.95. The van der Waals surface area contributed by atoms with Crippen molar-refractivity contribution in [1.82, 2.24) is 10.3 Å². The molecule has 0 radical (unpaired) electrons. The van der Waals surface area contributed by atoms with E-state index in [0.29, 0.717) is 12.2 Å². The van der Waals surface area contributed by atoms with Crippen molar-refractivity contribution in [3.05, 3.63) is 60.2 Å². The van der Waals surface area contributed by atoms with E-state index in [-0.39, 0.29) is 11.9 Å². The maximum absolute atomic E-state index is 13.7. The van der Waals surface area contributed by atoms with E-state index < -0.39 is 0 Å². The van der Waals surface area contributed by atoms with Crippen molar-refractivity contribution < 1.29 is 9.13 Å². The Bertz CT molecular complexity index is 505. The molecule has 2 rings (SSSR count). The predicted molar refractivity (Wildman–Crippen MR) is 72.5 cm³/mol. The number of nitrogens with zero attached hydrogens (tertiary/aromatic N) is 1. The number of hydrogen-bond acceptors (Lipinski definition) is 3. The molecule has 0 saturated heterocycles. The van der Waals surface area contributed by atoms with E-state index in [1.54, 1.807) is 12.3 Å². The van der Waals surface area contributed by atoms with E-state index in [2.05, 4.69) is 10.3 Å². The van der Waals surface area contributed by atoms with Crippen molar-refractivity contribution in [3.63, 3.8) is 0 Å². The summed E-state index contributed by atoms with van der Waals surface area (Å²) in [6.07, 6.45) is 2.81. The summed E-state index contributed by atoms with van der Waals surface area (Å²) in [6, 6.07) is 11.0. The number of halogens is 1. The molecule has 0 aliphatic carbocycles. The summed E-state index contributed by atoms with van der Waals surface area (Å²) >= 11 is 0. The SMILES string of the molecule is CCNC(COc1ccccc1)c1ccncc1F. The fraction of sp³-hybridized carbons (Fsp3) is 0.267. The molecule has 1 unspecified atom stereocenters. The Labute approximate surface area is 112 Å². The van der Waals surface area contributed by atoms with Gasteiger partial charge in [0, 0.05) is 11.8 Å². The van der Waals surface area contributed by atoms with Crippen molar-refractivity contribution in [2.45, 2.75) is 13.0 Å². The van der Waals surface area contributed by atoms with Gasteiger partial charge in [0.25, 0.3) is 0 Å². The number of nitrogens with one attached hydrogen (secondary N) is 1. The highest BCUT2D eigenvalue weighted by atomic mass is 19.1. The van der Waals surface area contributed by atoms with Gasteiger partial charge < -0.3 is 10.1 Å². The van der Waals surface area contributed by atoms with Crippen LogP contribution in [0.4, 0.5) is 4.39 Å². The highest BCUT2D eigenvalue weighted by molar-refractivity contribution is 5.22. The van der Waals surface area contributed by atoms with Crippen LogP contribution in [-0.2, 0) is 0 Å². The summed E-state index contributed by atoms with van der Waals surface area (Å²) in [5, 5.41) is 3.22. The monoisotopic (exact) mass is 260 g/mol. The first kappa shape index (κ1) is 13.5. The van der Waals surface area contributed by atoms with Crippen LogP contribution >= 0.6 is 0 Å². The number of pyridine rings is 1. The zero-order valence-electron chi connectivity index (χ0n) is 10.8. The molecule has 4 heteroatoms. The molecule has 100 valence electrons. The number of para-hydroxylation sites is 1. The van der Waals surface area contributed by atoms with Crippen LogP contribution in [0.15, 0.2) is 48.8 Å². The zero-order chi connectivity index (χ0) is 13.5. The molecule has 1 N–H and O–H groups in total. The first-order chi connectivity index (χ1) is 9.31. The Kier molecular flexibility index (Phi) is 4.86. The highest BCUT2D eigenvalue weighted by Gasteiger charge is 2.15. The number of rotatable bonds is 6. The topological polar surface area (TPSA) is 34.1 Å². The van der Waals surface area contributed by atoms with Crippen molar-refractivity contribution in [2.24, 2.45) is 0 Å². The Morgan fingerprint density at radius 3 is 2.74 bits per heavy atom. The van der Waals surface area contributed by atoms with Crippen molar-refractivity contribution in [1.29, 1.82) is 0 Å². The minimum absolute atomic E-state index is 0.187. The van der Waals surface area contributed by atoms with Gasteiger partial charge in [0.2, 0.25) is 0 Å². The number of likely N-dealkylation sites (N-methyl/N-ethyl adjacent to an activating group) is 1. The van der Waals surface area contributed by atoms with E-state index >= 15 is 0 Å². The fourth-order valence-electron chi connectivity index (χ4n) is 1.87. The van der Waals surface area contributed by atoms with Gasteiger partial charge in [-0.15, -0.1) is 0 Å². The number of benzene rings is 1. The maximum Gasteiger partial charge on any atom is 0.146 e. The van der Waals surface area contributed by atoms with Crippen molar-refractivity contribution >= 4 is 0 Å². The molecular weight excluding hydrogens is 243 g/mol. The molecule has 3 nitrogen and oxygen atoms in total. The highest BCUT2D eigenvalue weighted by Crippen LogP contribution is 2.18. The maximum atomic E-state index is 13.7. The van der Waals surface area contributed by atoms with Crippen LogP contribution in [-0.4, -0.2) is 18.1 Å². The quantitative estimate of drug-likeness (QED) is 0.867. The molecule has 2 aromatic rings. The van der Waals surface area contributed by atoms with Crippen LogP contribution < -0.4 is 10.1 Å². The Hall–Kier alpha value is -1.94. The van der Waals surface area contributed by atoms with Gasteiger partial charge in [-0.2, -0.15) is 0 Å². The first-order valence-corrected chi connectivity index (χ1v) is 6.32. The molecule has 0 saturated carbocycles. The van der Waals surface area contributed by atoms with E-state index in [1.807, 2.05) is 37.3 Å². The molecule has 1 aromatic heterocycles. The molecule has 0 aliphatic heterocycles. The molecule has 0 fully saturated rings. The Morgan fingerprint density at radius 2 is 2.05 bits per heavy atom. The van der Waals surface area contributed by atoms with Crippen LogP contribution in [0.1, 0.15) is 18.5 Å². The number of hydrogen-bond donors (Lipinski definition) is 1. The lowest BCUT2D eigenvalue weighted by molar-refractivity contribution is 0.264. The summed E-state index contributed by atoms with van der Waals surface area (Å²) in [4.78, 5) is 3.76. The molecular formula is C15H17FN2O. The summed E-state index contributed by atoms with van der Waals surface area (Å²) in [5.74, 6) is 0.463. The number of aromatic nitrogens is 1. The summed E-state index contributed by atoms with van der Waals surface area (Å²) in [6.45, 7) is 3.10. The summed E-state index contributed by atoms with van der Waals surface area (Å²) in [5.41, 5.74) is 0.577. The van der Waals surface area contributed by atoms with Gasteiger partial charge in [-0.25, -0.2) is 4.39 Å². The molecule has 19 heavy (non-hydrogen) atoms. The normalized spacial score (nSPS) is 12.1. The van der Waals surface area contributed by atoms with Crippen molar-refractivity contribution in [3.8, 4) is 5.75 Å². The number of ether oxygens (including phenoxy) is 1. The summed E-state index contributed by atoms with van der Waals surface area (Å²) in [7, 11) is 0. The van der Waals surface area contributed by atoms with Crippen LogP contribution in [0.25, 0.3) is 0 Å². The minimum Gasteiger partial charge on any atom is -0.492 e. The molecule has 1 heterocycles. The van der Waals surface area contributed by atoms with Gasteiger partial charge in [-0.1, -0.05) is 25.1 Å². The van der Waals surface area contributed by atoms with E-state index in [0.717, 1.165) is 12.3 Å². The summed E-state index contributed by atoms with van der Waals surface area (Å²) < 4.78 is 19.4. The molecule has 0 spiro atoms. The van der Waals surface area contributed by atoms with Crippen LogP contribution in [0.3, 0.4) is 0 Å². The zero-order valence-corrected chi connectivity index (χ0v) is 10.8. The van der Waals surface area contributed by atoms with Gasteiger partial charge in [0.05, 0.1) is 12.2 Å². The van der Waals surface area contributed by atoms with Gasteiger partial charge in [-0.3, -0.25) is 4.98 Å². The largest absolute Gasteiger partial charge is 0.492 e. The van der Waals surface area contributed by atoms with Gasteiger partial charge >= 0.3 is 0 Å². The lowest BCUT2D eigenvalue weighted by Crippen LogP contribution is -2.27. The third-order valence-corrected chi connectivity index (χ3v) is 2.79. The second-order valence-electron chi connectivity index (χ2n) is 4.13. The van der Waals surface area contributed by atoms with Crippen LogP contribution in [0, 0.1) is 5.82 Å². The molecule has 0 aliphatic rings. The lowest BCUT2D eigenvalue weighted by Gasteiger charge is -2.19. The molecule has 0 bridgehead atoms. The van der Waals surface area contributed by atoms with Crippen molar-refractivity contribution in [2.75, 3.05) is 13.2 Å². The van der Waals surface area contributed by atoms with Gasteiger partial charge in [0.1, 0.15) is 18.2 Å². The van der Waals surface area contributed by atoms with Gasteiger partial charge in [-0.05, 0) is 24.7 Å². The first-order valence-electron chi connectivity index (χ1n) is 6.32. The van der Waals surface area contributed by atoms with Gasteiger partial charge in [0.15, 0.2) is 0 Å². The van der Waals surface area contributed by atoms with Crippen LogP contribution in [0.5, 0.6) is 5.75 Å². The smallest absolute Gasteiger partial charge is 0.146 e. The fourth-order valence-corrected chi connectivity index (χ4v) is 1.87. The molecule has 1 aromatic carbocycles. The average molecular weight is 260 g/mol. The third kappa shape index (κ3) is 3.76. The van der Waals surface area contributed by atoms with E-state index in [4.69, 9.17) is 4.74 Å². The molecule has 1 atom stereocenters. The molecule has 0 amide bonds. The second kappa shape index (κ2) is 6.85. The Morgan fingerprint density at radius 1 is 1.26 bits per heavy atom. The third-order valence-electron chi connectivity index (χ3n) is 2.79. The average Bonchev–Trinajstić information content (AvgIpc) is 2.45. The Balaban J connectivity index is 2.07. The second-order valence-corrected chi connectivity index (χ2v) is 4.13. The van der Waals surface area contributed by atoms with Crippen LogP contribution in [0.2, 0.25) is 0 Å².